The molecule has 152 valence electrons. The second kappa shape index (κ2) is 6.76. The predicted molar refractivity (Wildman–Crippen MR) is 105 cm³/mol. The fraction of sp³-hybridized carbons (Fsp3) is 0.200. The number of hydrogen-bond acceptors (Lipinski definition) is 8. The minimum Gasteiger partial charge on any atom is -0.464 e. The summed E-state index contributed by atoms with van der Waals surface area (Å²) in [6, 6.07) is 12.2. The smallest absolute Gasteiger partial charge is 0.355 e. The molecule has 2 aliphatic heterocycles. The number of aryl methyl sites for hydroxylation is 1. The molecule has 2 aliphatic rings. The Bertz CT molecular complexity index is 1140. The number of fused-ring (bicyclic) bond motifs is 1. The number of rotatable bonds is 4. The van der Waals surface area contributed by atoms with E-state index in [4.69, 9.17) is 4.74 Å². The van der Waals surface area contributed by atoms with Crippen LogP contribution in [0.1, 0.15) is 11.1 Å². The molecule has 1 N–H and O–H groups in total. The standard InChI is InChI=1S/C20H16N4O6/c1-11-6-3-4-9-14(11)23-17(25)15-16(18(26)30-2)21-22-20(15,19(23)27)12-7-5-8-13(10-12)24(28)29/h3-10,15,22H,1-2H3/t15-,20-/m1/s1. The number of imide groups is 1. The van der Waals surface area contributed by atoms with Gasteiger partial charge in [0, 0.05) is 12.1 Å². The highest BCUT2D eigenvalue weighted by Crippen LogP contribution is 2.46. The van der Waals surface area contributed by atoms with E-state index in [1.165, 1.54) is 24.3 Å². The minimum atomic E-state index is -1.80. The van der Waals surface area contributed by atoms with Gasteiger partial charge in [0.25, 0.3) is 11.6 Å². The van der Waals surface area contributed by atoms with Crippen LogP contribution in [0.5, 0.6) is 0 Å². The second-order valence-corrected chi connectivity index (χ2v) is 6.91. The van der Waals surface area contributed by atoms with E-state index in [9.17, 15) is 24.5 Å². The highest BCUT2D eigenvalue weighted by Gasteiger charge is 2.67. The fourth-order valence-corrected chi connectivity index (χ4v) is 3.89. The summed E-state index contributed by atoms with van der Waals surface area (Å²) in [6.45, 7) is 1.74. The molecule has 30 heavy (non-hydrogen) atoms. The Morgan fingerprint density at radius 3 is 2.63 bits per heavy atom. The van der Waals surface area contributed by atoms with Gasteiger partial charge in [-0.15, -0.1) is 0 Å². The van der Waals surface area contributed by atoms with Crippen molar-refractivity contribution in [2.24, 2.45) is 11.0 Å². The summed E-state index contributed by atoms with van der Waals surface area (Å²) in [6.07, 6.45) is 0. The largest absolute Gasteiger partial charge is 0.464 e. The quantitative estimate of drug-likeness (QED) is 0.350. The van der Waals surface area contributed by atoms with Crippen molar-refractivity contribution in [3.05, 3.63) is 69.8 Å². The molecule has 0 aromatic heterocycles. The maximum Gasteiger partial charge on any atom is 0.355 e. The van der Waals surface area contributed by atoms with Crippen molar-refractivity contribution < 1.29 is 24.0 Å². The number of amides is 2. The first-order valence-corrected chi connectivity index (χ1v) is 8.95. The van der Waals surface area contributed by atoms with Crippen LogP contribution in [0.15, 0.2) is 53.6 Å². The first-order chi connectivity index (χ1) is 14.3. The molecule has 2 amide bonds. The predicted octanol–water partition coefficient (Wildman–Crippen LogP) is 1.42. The number of methoxy groups -OCH3 is 1. The Balaban J connectivity index is 1.93. The normalized spacial score (nSPS) is 22.4. The lowest BCUT2D eigenvalue weighted by atomic mass is 9.78. The molecule has 0 bridgehead atoms. The number of hydrogen-bond donors (Lipinski definition) is 1. The zero-order chi connectivity index (χ0) is 21.6. The lowest BCUT2D eigenvalue weighted by Crippen LogP contribution is -2.48. The van der Waals surface area contributed by atoms with E-state index in [0.29, 0.717) is 11.3 Å². The van der Waals surface area contributed by atoms with Crippen molar-refractivity contribution in [1.82, 2.24) is 5.43 Å². The van der Waals surface area contributed by atoms with Gasteiger partial charge in [-0.05, 0) is 24.1 Å². The molecule has 4 rings (SSSR count). The molecule has 1 fully saturated rings. The average Bonchev–Trinajstić information content (AvgIpc) is 3.24. The molecule has 2 atom stereocenters. The first-order valence-electron chi connectivity index (χ1n) is 8.95. The summed E-state index contributed by atoms with van der Waals surface area (Å²) in [7, 11) is 1.14. The van der Waals surface area contributed by atoms with E-state index >= 15 is 0 Å². The highest BCUT2D eigenvalue weighted by molar-refractivity contribution is 6.47. The number of benzene rings is 2. The van der Waals surface area contributed by atoms with Crippen LogP contribution in [0.3, 0.4) is 0 Å². The lowest BCUT2D eigenvalue weighted by Gasteiger charge is -2.26. The van der Waals surface area contributed by atoms with Gasteiger partial charge in [0.15, 0.2) is 11.3 Å². The Labute approximate surface area is 170 Å². The van der Waals surface area contributed by atoms with E-state index < -0.39 is 34.2 Å². The summed E-state index contributed by atoms with van der Waals surface area (Å²) >= 11 is 0. The molecule has 0 saturated carbocycles. The van der Waals surface area contributed by atoms with Crippen molar-refractivity contribution in [3.8, 4) is 0 Å². The number of nitro groups is 1. The zero-order valence-corrected chi connectivity index (χ0v) is 16.0. The van der Waals surface area contributed by atoms with E-state index in [2.05, 4.69) is 10.5 Å². The van der Waals surface area contributed by atoms with Gasteiger partial charge in [0.2, 0.25) is 5.91 Å². The topological polar surface area (TPSA) is 131 Å². The Hall–Kier alpha value is -4.08. The number of carbonyl (C=O) groups is 3. The molecule has 2 aromatic carbocycles. The van der Waals surface area contributed by atoms with Gasteiger partial charge in [-0.25, -0.2) is 9.69 Å². The van der Waals surface area contributed by atoms with Crippen molar-refractivity contribution in [2.75, 3.05) is 12.0 Å². The van der Waals surface area contributed by atoms with Crippen LogP contribution in [0.4, 0.5) is 11.4 Å². The number of esters is 1. The molecule has 0 radical (unpaired) electrons. The minimum absolute atomic E-state index is 0.152. The van der Waals surface area contributed by atoms with Gasteiger partial charge in [0.1, 0.15) is 5.92 Å². The summed E-state index contributed by atoms with van der Waals surface area (Å²) in [5, 5.41) is 15.2. The number of hydrazone groups is 1. The summed E-state index contributed by atoms with van der Waals surface area (Å²) in [5.41, 5.74) is 1.49. The van der Waals surface area contributed by atoms with Gasteiger partial charge >= 0.3 is 5.97 Å². The monoisotopic (exact) mass is 408 g/mol. The third kappa shape index (κ3) is 2.50. The lowest BCUT2D eigenvalue weighted by molar-refractivity contribution is -0.385. The Morgan fingerprint density at radius 1 is 1.23 bits per heavy atom. The van der Waals surface area contributed by atoms with E-state index in [0.717, 1.165) is 12.0 Å². The van der Waals surface area contributed by atoms with E-state index in [1.54, 1.807) is 31.2 Å². The van der Waals surface area contributed by atoms with Crippen molar-refractivity contribution >= 4 is 34.9 Å². The second-order valence-electron chi connectivity index (χ2n) is 6.91. The third-order valence-electron chi connectivity index (χ3n) is 5.33. The van der Waals surface area contributed by atoms with Crippen LogP contribution in [0.2, 0.25) is 0 Å². The number of carbonyl (C=O) groups excluding carboxylic acids is 3. The number of anilines is 1. The van der Waals surface area contributed by atoms with Crippen molar-refractivity contribution in [2.45, 2.75) is 12.5 Å². The van der Waals surface area contributed by atoms with Gasteiger partial charge in [-0.2, -0.15) is 5.10 Å². The molecule has 10 nitrogen and oxygen atoms in total. The Morgan fingerprint density at radius 2 is 1.97 bits per heavy atom. The molecule has 10 heteroatoms. The van der Waals surface area contributed by atoms with Crippen LogP contribution in [0, 0.1) is 23.0 Å². The Kier molecular flexibility index (Phi) is 4.34. The fourth-order valence-electron chi connectivity index (χ4n) is 3.89. The molecule has 0 aliphatic carbocycles. The van der Waals surface area contributed by atoms with E-state index in [1.807, 2.05) is 0 Å². The molecule has 0 unspecified atom stereocenters. The van der Waals surface area contributed by atoms with Crippen LogP contribution in [-0.4, -0.2) is 35.5 Å². The van der Waals surface area contributed by atoms with Gasteiger partial charge in [0.05, 0.1) is 17.7 Å². The summed E-state index contributed by atoms with van der Waals surface area (Å²) < 4.78 is 4.73. The molecule has 2 heterocycles. The van der Waals surface area contributed by atoms with Crippen molar-refractivity contribution in [1.29, 1.82) is 0 Å². The maximum absolute atomic E-state index is 13.7. The molecule has 1 saturated heterocycles. The molecular formula is C20H16N4O6. The third-order valence-corrected chi connectivity index (χ3v) is 5.33. The molecule has 0 spiro atoms. The zero-order valence-electron chi connectivity index (χ0n) is 16.0. The first kappa shape index (κ1) is 19.2. The van der Waals surface area contributed by atoms with Crippen LogP contribution in [-0.2, 0) is 24.7 Å². The SMILES string of the molecule is COC(=O)C1=NN[C@@]2(c3cccc([N+](=O)[O-])c3)C(=O)N(c3ccccc3C)C(=O)[C@@H]12. The van der Waals surface area contributed by atoms with Gasteiger partial charge in [-0.3, -0.25) is 25.1 Å². The highest BCUT2D eigenvalue weighted by atomic mass is 16.6. The summed E-state index contributed by atoms with van der Waals surface area (Å²) in [4.78, 5) is 51.0. The van der Waals surface area contributed by atoms with Gasteiger partial charge in [-0.1, -0.05) is 30.3 Å². The molecule has 2 aromatic rings. The number of nitro benzene ring substituents is 1. The van der Waals surface area contributed by atoms with Crippen LogP contribution < -0.4 is 10.3 Å². The number of ether oxygens (including phenoxy) is 1. The van der Waals surface area contributed by atoms with Crippen molar-refractivity contribution in [3.63, 3.8) is 0 Å². The maximum atomic E-state index is 13.7. The van der Waals surface area contributed by atoms with Gasteiger partial charge < -0.3 is 4.74 Å². The van der Waals surface area contributed by atoms with E-state index in [-0.39, 0.29) is 17.0 Å². The number of nitrogens with zero attached hydrogens (tertiary/aromatic N) is 3. The number of non-ortho nitro benzene ring substituents is 1. The number of para-hydroxylation sites is 1. The molecular weight excluding hydrogens is 392 g/mol. The average molecular weight is 408 g/mol. The number of nitrogens with one attached hydrogen (secondary N) is 1. The van der Waals surface area contributed by atoms with Crippen LogP contribution >= 0.6 is 0 Å². The summed E-state index contributed by atoms with van der Waals surface area (Å²) in [5.74, 6) is -3.56. The van der Waals surface area contributed by atoms with Crippen LogP contribution in [0.25, 0.3) is 0 Å².